The van der Waals surface area contributed by atoms with E-state index in [-0.39, 0.29) is 23.6 Å². The lowest BCUT2D eigenvalue weighted by Gasteiger charge is -2.40. The minimum Gasteiger partial charge on any atom is -0.461 e. The molecule has 1 aliphatic heterocycles. The van der Waals surface area contributed by atoms with Crippen LogP contribution < -0.4 is 0 Å². The molecule has 5 aromatic rings. The van der Waals surface area contributed by atoms with Crippen molar-refractivity contribution in [3.05, 3.63) is 96.3 Å². The molecule has 8 nitrogen and oxygen atoms in total. The van der Waals surface area contributed by atoms with Gasteiger partial charge in [0, 0.05) is 31.2 Å². The molecule has 6 rings (SSSR count). The van der Waals surface area contributed by atoms with E-state index in [1.165, 1.54) is 11.8 Å². The van der Waals surface area contributed by atoms with E-state index >= 15 is 0 Å². The molecular formula is C31H29N5O3S. The van der Waals surface area contributed by atoms with Crippen LogP contribution in [-0.4, -0.2) is 67.8 Å². The van der Waals surface area contributed by atoms with Crippen LogP contribution in [0.3, 0.4) is 0 Å². The number of furan rings is 1. The molecule has 202 valence electrons. The largest absolute Gasteiger partial charge is 0.461 e. The number of amides is 2. The highest BCUT2D eigenvalue weighted by Gasteiger charge is 2.31. The summed E-state index contributed by atoms with van der Waals surface area (Å²) in [6, 6.07) is 25.3. The van der Waals surface area contributed by atoms with Gasteiger partial charge in [0.1, 0.15) is 0 Å². The smallest absolute Gasteiger partial charge is 0.254 e. The Labute approximate surface area is 236 Å². The predicted molar refractivity (Wildman–Crippen MR) is 156 cm³/mol. The second-order valence-corrected chi connectivity index (χ2v) is 10.9. The lowest BCUT2D eigenvalue weighted by Crippen LogP contribution is -2.55. The Kier molecular flexibility index (Phi) is 7.13. The number of rotatable bonds is 6. The molecular weight excluding hydrogens is 522 g/mol. The van der Waals surface area contributed by atoms with Crippen molar-refractivity contribution in [1.29, 1.82) is 0 Å². The number of nitrogens with zero attached hydrogens (tertiary/aromatic N) is 5. The summed E-state index contributed by atoms with van der Waals surface area (Å²) >= 11 is 1.35. The van der Waals surface area contributed by atoms with Crippen molar-refractivity contribution < 1.29 is 14.0 Å². The zero-order chi connectivity index (χ0) is 27.6. The van der Waals surface area contributed by atoms with Gasteiger partial charge >= 0.3 is 0 Å². The third kappa shape index (κ3) is 4.88. The van der Waals surface area contributed by atoms with Crippen molar-refractivity contribution in [2.24, 2.45) is 0 Å². The standard InChI is InChI=1S/C31H29N5O3S/c1-21-9-3-6-14-26(21)36-29(27-15-8-18-39-27)32-33-31(36)40-20-28(37)34-16-17-35(22(2)19-34)30(38)25-13-7-11-23-10-4-5-12-24(23)25/h3-15,18,22H,16-17,19-20H2,1-2H3. The van der Waals surface area contributed by atoms with Gasteiger partial charge in [-0.15, -0.1) is 10.2 Å². The van der Waals surface area contributed by atoms with Crippen LogP contribution in [0.25, 0.3) is 28.0 Å². The molecule has 3 heterocycles. The van der Waals surface area contributed by atoms with Crippen molar-refractivity contribution in [1.82, 2.24) is 24.6 Å². The summed E-state index contributed by atoms with van der Waals surface area (Å²) in [5, 5.41) is 11.4. The second-order valence-electron chi connectivity index (χ2n) is 9.91. The number of carbonyl (C=O) groups excluding carboxylic acids is 2. The second kappa shape index (κ2) is 11.0. The van der Waals surface area contributed by atoms with Gasteiger partial charge < -0.3 is 14.2 Å². The van der Waals surface area contributed by atoms with Gasteiger partial charge in [-0.25, -0.2) is 0 Å². The average molecular weight is 552 g/mol. The molecule has 1 fully saturated rings. The predicted octanol–water partition coefficient (Wildman–Crippen LogP) is 5.45. The molecule has 0 bridgehead atoms. The Morgan fingerprint density at radius 1 is 0.950 bits per heavy atom. The number of para-hydroxylation sites is 1. The van der Waals surface area contributed by atoms with Gasteiger partial charge in [-0.3, -0.25) is 14.2 Å². The summed E-state index contributed by atoms with van der Waals surface area (Å²) in [7, 11) is 0. The van der Waals surface area contributed by atoms with Gasteiger partial charge in [-0.1, -0.05) is 66.4 Å². The van der Waals surface area contributed by atoms with Crippen LogP contribution in [0.15, 0.2) is 94.7 Å². The summed E-state index contributed by atoms with van der Waals surface area (Å²) < 4.78 is 7.55. The zero-order valence-corrected chi connectivity index (χ0v) is 23.2. The number of fused-ring (bicyclic) bond motifs is 1. The maximum Gasteiger partial charge on any atom is 0.254 e. The van der Waals surface area contributed by atoms with Crippen LogP contribution in [0.1, 0.15) is 22.8 Å². The molecule has 1 saturated heterocycles. The van der Waals surface area contributed by atoms with Crippen molar-refractivity contribution >= 4 is 34.3 Å². The number of benzene rings is 3. The van der Waals surface area contributed by atoms with Crippen molar-refractivity contribution in [2.75, 3.05) is 25.4 Å². The monoisotopic (exact) mass is 551 g/mol. The van der Waals surface area contributed by atoms with Gasteiger partial charge in [0.05, 0.1) is 17.7 Å². The van der Waals surface area contributed by atoms with Gasteiger partial charge in [-0.05, 0) is 54.4 Å². The SMILES string of the molecule is Cc1ccccc1-n1c(SCC(=O)N2CCN(C(=O)c3cccc4ccccc34)C(C)C2)nnc1-c1ccco1. The van der Waals surface area contributed by atoms with Gasteiger partial charge in [0.25, 0.3) is 5.91 Å². The normalized spacial score (nSPS) is 15.5. The molecule has 0 spiro atoms. The molecule has 40 heavy (non-hydrogen) atoms. The summed E-state index contributed by atoms with van der Waals surface area (Å²) in [5.74, 6) is 1.42. The first-order valence-corrected chi connectivity index (χ1v) is 14.2. The maximum absolute atomic E-state index is 13.5. The number of thioether (sulfide) groups is 1. The lowest BCUT2D eigenvalue weighted by molar-refractivity contribution is -0.130. The minimum atomic E-state index is -0.102. The average Bonchev–Trinajstić information content (AvgIpc) is 3.66. The number of aromatic nitrogens is 3. The topological polar surface area (TPSA) is 84.5 Å². The number of hydrogen-bond acceptors (Lipinski definition) is 6. The highest BCUT2D eigenvalue weighted by Crippen LogP contribution is 2.30. The molecule has 1 aliphatic rings. The molecule has 2 aromatic heterocycles. The van der Waals surface area contributed by atoms with E-state index in [9.17, 15) is 9.59 Å². The van der Waals surface area contributed by atoms with E-state index < -0.39 is 0 Å². The van der Waals surface area contributed by atoms with Crippen molar-refractivity contribution in [3.63, 3.8) is 0 Å². The summed E-state index contributed by atoms with van der Waals surface area (Å²) in [6.45, 7) is 5.49. The summed E-state index contributed by atoms with van der Waals surface area (Å²) in [4.78, 5) is 30.5. The molecule has 1 atom stereocenters. The fourth-order valence-corrected chi connectivity index (χ4v) is 6.08. The molecule has 0 saturated carbocycles. The fraction of sp³-hybridized carbons (Fsp3) is 0.226. The third-order valence-corrected chi connectivity index (χ3v) is 8.23. The number of hydrogen-bond donors (Lipinski definition) is 0. The van der Waals surface area contributed by atoms with E-state index in [0.717, 1.165) is 22.0 Å². The Morgan fingerprint density at radius 2 is 1.75 bits per heavy atom. The Hall–Kier alpha value is -4.37. The molecule has 0 N–H and O–H groups in total. The van der Waals surface area contributed by atoms with Crippen molar-refractivity contribution in [2.45, 2.75) is 25.0 Å². The van der Waals surface area contributed by atoms with Crippen LogP contribution in [0.5, 0.6) is 0 Å². The maximum atomic E-state index is 13.5. The van der Waals surface area contributed by atoms with E-state index in [4.69, 9.17) is 4.42 Å². The van der Waals surface area contributed by atoms with Crippen molar-refractivity contribution in [3.8, 4) is 17.3 Å². The highest BCUT2D eigenvalue weighted by molar-refractivity contribution is 7.99. The number of piperazine rings is 1. The summed E-state index contributed by atoms with van der Waals surface area (Å²) in [5.41, 5.74) is 2.69. The van der Waals surface area contributed by atoms with Crippen LogP contribution in [-0.2, 0) is 4.79 Å². The number of carbonyl (C=O) groups is 2. The first-order chi connectivity index (χ1) is 19.5. The molecule has 2 amide bonds. The molecule has 0 radical (unpaired) electrons. The molecule has 3 aromatic carbocycles. The Balaban J connectivity index is 1.15. The quantitative estimate of drug-likeness (QED) is 0.261. The molecule has 9 heteroatoms. The minimum absolute atomic E-state index is 0.00237. The van der Waals surface area contributed by atoms with Gasteiger partial charge in [-0.2, -0.15) is 0 Å². The van der Waals surface area contributed by atoms with E-state index in [1.54, 1.807) is 6.26 Å². The third-order valence-electron chi connectivity index (χ3n) is 7.32. The summed E-state index contributed by atoms with van der Waals surface area (Å²) in [6.07, 6.45) is 1.61. The van der Waals surface area contributed by atoms with Crippen LogP contribution >= 0.6 is 11.8 Å². The highest BCUT2D eigenvalue weighted by atomic mass is 32.2. The van der Waals surface area contributed by atoms with E-state index in [1.807, 2.05) is 107 Å². The molecule has 1 unspecified atom stereocenters. The van der Waals surface area contributed by atoms with Crippen LogP contribution in [0.4, 0.5) is 0 Å². The van der Waals surface area contributed by atoms with E-state index in [2.05, 4.69) is 10.2 Å². The first-order valence-electron chi connectivity index (χ1n) is 13.3. The first kappa shape index (κ1) is 25.9. The van der Waals surface area contributed by atoms with Gasteiger partial charge in [0.15, 0.2) is 10.9 Å². The Bertz CT molecular complexity index is 1670. The molecule has 0 aliphatic carbocycles. The zero-order valence-electron chi connectivity index (χ0n) is 22.4. The fourth-order valence-electron chi connectivity index (χ4n) is 5.23. The lowest BCUT2D eigenvalue weighted by atomic mass is 10.0. The van der Waals surface area contributed by atoms with E-state index in [0.29, 0.717) is 41.9 Å². The van der Waals surface area contributed by atoms with Crippen LogP contribution in [0, 0.1) is 6.92 Å². The Morgan fingerprint density at radius 3 is 2.55 bits per heavy atom. The van der Waals surface area contributed by atoms with Crippen LogP contribution in [0.2, 0.25) is 0 Å². The van der Waals surface area contributed by atoms with Gasteiger partial charge in [0.2, 0.25) is 11.7 Å². The number of aryl methyl sites for hydroxylation is 1.